The minimum atomic E-state index is -0.791. The predicted octanol–water partition coefficient (Wildman–Crippen LogP) is 19.8. The summed E-state index contributed by atoms with van der Waals surface area (Å²) in [7, 11) is 0. The minimum absolute atomic E-state index is 0.0854. The minimum Gasteiger partial charge on any atom is -0.462 e. The second kappa shape index (κ2) is 57.0. The zero-order valence-corrected chi connectivity index (χ0v) is 45.4. The number of hydrogen-bond acceptors (Lipinski definition) is 6. The molecule has 6 nitrogen and oxygen atoms in total. The second-order valence-corrected chi connectivity index (χ2v) is 19.9. The molecule has 0 aliphatic rings. The van der Waals surface area contributed by atoms with Gasteiger partial charge in [-0.05, 0) is 83.5 Å². The molecule has 0 aromatic carbocycles. The van der Waals surface area contributed by atoms with E-state index in [9.17, 15) is 14.4 Å². The van der Waals surface area contributed by atoms with Crippen molar-refractivity contribution >= 4 is 17.9 Å². The van der Waals surface area contributed by atoms with Crippen LogP contribution in [0.4, 0.5) is 0 Å². The Bertz CT molecular complexity index is 1190. The van der Waals surface area contributed by atoms with E-state index in [1.54, 1.807) is 0 Å². The van der Waals surface area contributed by atoms with E-state index in [0.717, 1.165) is 83.5 Å². The van der Waals surface area contributed by atoms with E-state index in [0.29, 0.717) is 19.3 Å². The van der Waals surface area contributed by atoms with Crippen LogP contribution in [0.3, 0.4) is 0 Å². The van der Waals surface area contributed by atoms with Gasteiger partial charge in [0.25, 0.3) is 0 Å². The second-order valence-electron chi connectivity index (χ2n) is 19.9. The van der Waals surface area contributed by atoms with Gasteiger partial charge in [0.15, 0.2) is 6.10 Å². The van der Waals surface area contributed by atoms with Gasteiger partial charge in [0.2, 0.25) is 0 Å². The number of rotatable bonds is 54. The van der Waals surface area contributed by atoms with Gasteiger partial charge in [-0.25, -0.2) is 0 Å². The average molecular weight is 954 g/mol. The lowest BCUT2D eigenvalue weighted by Crippen LogP contribution is -2.30. The van der Waals surface area contributed by atoms with E-state index in [1.807, 2.05) is 0 Å². The summed E-state index contributed by atoms with van der Waals surface area (Å²) in [5.74, 6) is -0.918. The molecule has 0 unspecified atom stereocenters. The molecular formula is C62H112O6. The first-order chi connectivity index (χ1) is 33.5. The van der Waals surface area contributed by atoms with Crippen molar-refractivity contribution in [3.63, 3.8) is 0 Å². The Morgan fingerprint density at radius 2 is 0.529 bits per heavy atom. The molecule has 396 valence electrons. The normalized spacial score (nSPS) is 12.3. The van der Waals surface area contributed by atoms with Crippen molar-refractivity contribution in [3.05, 3.63) is 48.6 Å². The van der Waals surface area contributed by atoms with Crippen LogP contribution in [-0.2, 0) is 28.6 Å². The summed E-state index contributed by atoms with van der Waals surface area (Å²) in [6, 6.07) is 0. The van der Waals surface area contributed by atoms with E-state index in [1.165, 1.54) is 186 Å². The van der Waals surface area contributed by atoms with Crippen molar-refractivity contribution in [2.45, 2.75) is 316 Å². The van der Waals surface area contributed by atoms with Crippen LogP contribution in [0, 0.1) is 0 Å². The van der Waals surface area contributed by atoms with Gasteiger partial charge in [0.1, 0.15) is 13.2 Å². The number of unbranched alkanes of at least 4 members (excludes halogenated alkanes) is 35. The highest BCUT2D eigenvalue weighted by Crippen LogP contribution is 2.16. The maximum Gasteiger partial charge on any atom is 0.306 e. The zero-order valence-electron chi connectivity index (χ0n) is 45.4. The molecule has 0 bridgehead atoms. The molecule has 0 saturated carbocycles. The fraction of sp³-hybridized carbons (Fsp3) is 0.823. The summed E-state index contributed by atoms with van der Waals surface area (Å²) in [5.41, 5.74) is 0. The molecule has 0 radical (unpaired) electrons. The van der Waals surface area contributed by atoms with E-state index in [4.69, 9.17) is 14.2 Å². The van der Waals surface area contributed by atoms with Crippen molar-refractivity contribution in [1.82, 2.24) is 0 Å². The third kappa shape index (κ3) is 54.3. The molecule has 0 amide bonds. The quantitative estimate of drug-likeness (QED) is 0.0262. The topological polar surface area (TPSA) is 78.9 Å². The monoisotopic (exact) mass is 953 g/mol. The maximum absolute atomic E-state index is 12.9. The lowest BCUT2D eigenvalue weighted by molar-refractivity contribution is -0.167. The standard InChI is InChI=1S/C62H112O6/c1-4-7-10-13-16-19-22-25-28-30-31-32-35-37-40-43-46-49-52-55-61(64)67-58-59(57-66-60(63)54-51-48-45-42-39-36-33-27-24-21-18-15-12-9-6-3)68-62(65)56-53-50-47-44-41-38-34-29-26-23-20-17-14-11-8-5-2/h18,21,27,29,33-34,39,42,59H,4-17,19-20,22-26,28,30-32,35-38,40-41,43-58H2,1-3H3/b21-18-,33-27-,34-29-,42-39-/t59-/m1/s1. The van der Waals surface area contributed by atoms with Crippen molar-refractivity contribution in [3.8, 4) is 0 Å². The first-order valence-corrected chi connectivity index (χ1v) is 29.6. The molecule has 6 heteroatoms. The number of carbonyl (C=O) groups is 3. The zero-order chi connectivity index (χ0) is 49.3. The van der Waals surface area contributed by atoms with Gasteiger partial charge in [-0.1, -0.05) is 256 Å². The highest BCUT2D eigenvalue weighted by molar-refractivity contribution is 5.71. The van der Waals surface area contributed by atoms with Gasteiger partial charge in [-0.15, -0.1) is 0 Å². The summed E-state index contributed by atoms with van der Waals surface area (Å²) in [6.07, 6.45) is 69.6. The highest BCUT2D eigenvalue weighted by Gasteiger charge is 2.19. The number of allylic oxidation sites excluding steroid dienone is 8. The molecule has 0 fully saturated rings. The number of ether oxygens (including phenoxy) is 3. The van der Waals surface area contributed by atoms with Crippen LogP contribution in [0.2, 0.25) is 0 Å². The van der Waals surface area contributed by atoms with Crippen LogP contribution in [-0.4, -0.2) is 37.2 Å². The molecule has 0 aromatic heterocycles. The van der Waals surface area contributed by atoms with E-state index in [-0.39, 0.29) is 31.1 Å². The van der Waals surface area contributed by atoms with Crippen molar-refractivity contribution in [2.75, 3.05) is 13.2 Å². The lowest BCUT2D eigenvalue weighted by atomic mass is 10.0. The number of hydrogen-bond donors (Lipinski definition) is 0. The molecule has 0 aliphatic carbocycles. The molecule has 1 atom stereocenters. The molecule has 0 aliphatic heterocycles. The molecular weight excluding hydrogens is 841 g/mol. The summed E-state index contributed by atoms with van der Waals surface area (Å²) >= 11 is 0. The third-order valence-electron chi connectivity index (χ3n) is 13.1. The van der Waals surface area contributed by atoms with Crippen LogP contribution in [0.25, 0.3) is 0 Å². The molecule has 0 aromatic rings. The molecule has 0 spiro atoms. The van der Waals surface area contributed by atoms with E-state index in [2.05, 4.69) is 69.4 Å². The van der Waals surface area contributed by atoms with Crippen LogP contribution in [0.15, 0.2) is 48.6 Å². The van der Waals surface area contributed by atoms with Gasteiger partial charge in [0, 0.05) is 19.3 Å². The van der Waals surface area contributed by atoms with Crippen molar-refractivity contribution in [2.24, 2.45) is 0 Å². The lowest BCUT2D eigenvalue weighted by Gasteiger charge is -2.18. The third-order valence-corrected chi connectivity index (χ3v) is 13.1. The van der Waals surface area contributed by atoms with Crippen LogP contribution in [0.5, 0.6) is 0 Å². The smallest absolute Gasteiger partial charge is 0.306 e. The molecule has 0 heterocycles. The highest BCUT2D eigenvalue weighted by atomic mass is 16.6. The molecule has 0 N–H and O–H groups in total. The fourth-order valence-electron chi connectivity index (χ4n) is 8.56. The Morgan fingerprint density at radius 1 is 0.294 bits per heavy atom. The Hall–Kier alpha value is -2.63. The number of carbonyl (C=O) groups excluding carboxylic acids is 3. The SMILES string of the molecule is CCCCC/C=C\C/C=C\C/C=C\CCCCC(=O)OC[C@H](COC(=O)CCCCCCCCCCCCCCCCCCCCC)OC(=O)CCCCCCC/C=C\CCCCCCCCC. The van der Waals surface area contributed by atoms with Gasteiger partial charge < -0.3 is 14.2 Å². The Balaban J connectivity index is 4.38. The Kier molecular flexibility index (Phi) is 54.8. The molecule has 0 rings (SSSR count). The van der Waals surface area contributed by atoms with Crippen molar-refractivity contribution < 1.29 is 28.6 Å². The van der Waals surface area contributed by atoms with Gasteiger partial charge in [-0.2, -0.15) is 0 Å². The summed E-state index contributed by atoms with van der Waals surface area (Å²) in [4.78, 5) is 38.2. The summed E-state index contributed by atoms with van der Waals surface area (Å²) in [5, 5.41) is 0. The van der Waals surface area contributed by atoms with E-state index < -0.39 is 6.10 Å². The van der Waals surface area contributed by atoms with Crippen LogP contribution in [0.1, 0.15) is 310 Å². The molecule has 68 heavy (non-hydrogen) atoms. The average Bonchev–Trinajstić information content (AvgIpc) is 3.34. The van der Waals surface area contributed by atoms with Gasteiger partial charge in [-0.3, -0.25) is 14.4 Å². The largest absolute Gasteiger partial charge is 0.462 e. The fourth-order valence-corrected chi connectivity index (χ4v) is 8.56. The van der Waals surface area contributed by atoms with Gasteiger partial charge >= 0.3 is 17.9 Å². The summed E-state index contributed by atoms with van der Waals surface area (Å²) < 4.78 is 16.9. The molecule has 0 saturated heterocycles. The Labute approximate surface area is 422 Å². The predicted molar refractivity (Wildman–Crippen MR) is 293 cm³/mol. The first-order valence-electron chi connectivity index (χ1n) is 29.6. The Morgan fingerprint density at radius 3 is 0.897 bits per heavy atom. The van der Waals surface area contributed by atoms with Crippen LogP contribution >= 0.6 is 0 Å². The van der Waals surface area contributed by atoms with Crippen molar-refractivity contribution in [1.29, 1.82) is 0 Å². The number of esters is 3. The maximum atomic E-state index is 12.9. The van der Waals surface area contributed by atoms with Gasteiger partial charge in [0.05, 0.1) is 0 Å². The van der Waals surface area contributed by atoms with E-state index >= 15 is 0 Å². The van der Waals surface area contributed by atoms with Crippen LogP contribution < -0.4 is 0 Å². The first kappa shape index (κ1) is 65.4. The summed E-state index contributed by atoms with van der Waals surface area (Å²) in [6.45, 7) is 6.61.